The molecule has 0 aromatic heterocycles. The van der Waals surface area contributed by atoms with Crippen molar-refractivity contribution in [3.05, 3.63) is 35.9 Å². The summed E-state index contributed by atoms with van der Waals surface area (Å²) in [6.45, 7) is 0.469. The minimum absolute atomic E-state index is 0.00139. The molecular formula is C12H13F5OS. The number of terminal acetylenes is 1. The number of rotatable bonds is 5. The van der Waals surface area contributed by atoms with Crippen LogP contribution in [0.1, 0.15) is 12.5 Å². The molecule has 0 saturated carbocycles. The highest BCUT2D eigenvalue weighted by Gasteiger charge is 2.67. The summed E-state index contributed by atoms with van der Waals surface area (Å²) in [5.41, 5.74) is -2.21. The van der Waals surface area contributed by atoms with E-state index in [4.69, 9.17) is 11.2 Å². The first-order chi connectivity index (χ1) is 8.35. The Labute approximate surface area is 108 Å². The molecule has 1 rings (SSSR count). The van der Waals surface area contributed by atoms with Crippen LogP contribution in [0, 0.1) is 12.3 Å². The van der Waals surface area contributed by atoms with Crippen molar-refractivity contribution in [2.45, 2.75) is 12.5 Å². The van der Waals surface area contributed by atoms with Crippen molar-refractivity contribution in [3.63, 3.8) is 0 Å². The molecule has 1 aromatic carbocycles. The van der Waals surface area contributed by atoms with Crippen molar-refractivity contribution >= 4 is 10.2 Å². The molecule has 0 fully saturated rings. The molecule has 0 bridgehead atoms. The average molecular weight is 300 g/mol. The number of hydrogen-bond acceptors (Lipinski definition) is 1. The lowest BCUT2D eigenvalue weighted by molar-refractivity contribution is -0.00436. The molecule has 7 heteroatoms. The Morgan fingerprint density at radius 3 is 2.11 bits per heavy atom. The second kappa shape index (κ2) is 4.12. The van der Waals surface area contributed by atoms with Gasteiger partial charge in [0.2, 0.25) is 0 Å². The number of hydrogen-bond donors (Lipinski definition) is 0. The van der Waals surface area contributed by atoms with E-state index in [1.807, 2.05) is 5.92 Å². The molecule has 0 aliphatic heterocycles. The van der Waals surface area contributed by atoms with E-state index in [2.05, 4.69) is 0 Å². The van der Waals surface area contributed by atoms with Crippen LogP contribution in [-0.4, -0.2) is 12.4 Å². The van der Waals surface area contributed by atoms with Crippen LogP contribution < -0.4 is 0 Å². The van der Waals surface area contributed by atoms with E-state index in [0.717, 1.165) is 6.92 Å². The summed E-state index contributed by atoms with van der Waals surface area (Å²) in [5, 5.41) is 0. The predicted molar refractivity (Wildman–Crippen MR) is 66.6 cm³/mol. The van der Waals surface area contributed by atoms with Gasteiger partial charge in [0.15, 0.2) is 0 Å². The maximum absolute atomic E-state index is 12.7. The van der Waals surface area contributed by atoms with Crippen LogP contribution in [0.3, 0.4) is 0 Å². The Hall–Kier alpha value is -1.26. The molecule has 0 heterocycles. The van der Waals surface area contributed by atoms with Crippen LogP contribution in [0.4, 0.5) is 19.4 Å². The fourth-order valence-corrected chi connectivity index (χ4v) is 3.01. The molecule has 1 atom stereocenters. The predicted octanol–water partition coefficient (Wildman–Crippen LogP) is 4.85. The zero-order valence-corrected chi connectivity index (χ0v) is 10.9. The first-order valence-corrected chi connectivity index (χ1v) is 7.33. The van der Waals surface area contributed by atoms with E-state index in [9.17, 15) is 19.4 Å². The molecule has 1 unspecified atom stereocenters. The molecule has 0 N–H and O–H groups in total. The maximum Gasteiger partial charge on any atom is 0.288 e. The van der Waals surface area contributed by atoms with Gasteiger partial charge in [0, 0.05) is 0 Å². The molecule has 108 valence electrons. The Morgan fingerprint density at radius 2 is 1.68 bits per heavy atom. The largest absolute Gasteiger partial charge is 0.357 e. The van der Waals surface area contributed by atoms with Crippen molar-refractivity contribution in [1.82, 2.24) is 0 Å². The topological polar surface area (TPSA) is 9.23 Å². The summed E-state index contributed by atoms with van der Waals surface area (Å²) in [5.74, 6) is -0.366. The molecular weight excluding hydrogens is 287 g/mol. The van der Waals surface area contributed by atoms with Crippen molar-refractivity contribution in [3.8, 4) is 12.3 Å². The smallest absolute Gasteiger partial charge is 0.288 e. The summed E-state index contributed by atoms with van der Waals surface area (Å²) in [6.07, 6.45) is 4.91. The van der Waals surface area contributed by atoms with Crippen LogP contribution >= 0.6 is 10.2 Å². The van der Waals surface area contributed by atoms with E-state index in [-0.39, 0.29) is 5.56 Å². The second-order valence-corrected chi connectivity index (χ2v) is 6.91. The molecule has 1 aromatic rings. The second-order valence-electron chi connectivity index (χ2n) is 4.36. The summed E-state index contributed by atoms with van der Waals surface area (Å²) >= 11 is 0. The lowest BCUT2D eigenvalue weighted by Gasteiger charge is -2.46. The van der Waals surface area contributed by atoms with Crippen molar-refractivity contribution in [1.29, 1.82) is 0 Å². The summed E-state index contributed by atoms with van der Waals surface area (Å²) < 4.78 is 68.3. The molecule has 0 amide bonds. The minimum atomic E-state index is -9.63. The van der Waals surface area contributed by atoms with E-state index < -0.39 is 28.2 Å². The standard InChI is InChI=1S/C12H13F5OS/c1-3-9-18-12(2,10-19(13,14,15,16)17)11-7-5-4-6-8-11/h1,4-8H,9-10H2,2H3. The van der Waals surface area contributed by atoms with E-state index in [1.54, 1.807) is 6.07 Å². The van der Waals surface area contributed by atoms with Gasteiger partial charge in [0.25, 0.3) is 10.2 Å². The highest BCUT2D eigenvalue weighted by molar-refractivity contribution is 8.45. The van der Waals surface area contributed by atoms with Crippen LogP contribution in [-0.2, 0) is 10.3 Å². The Bertz CT molecular complexity index is 490. The van der Waals surface area contributed by atoms with Gasteiger partial charge in [-0.2, -0.15) is 0 Å². The third-order valence-corrected chi connectivity index (χ3v) is 3.50. The molecule has 0 aliphatic rings. The van der Waals surface area contributed by atoms with E-state index >= 15 is 0 Å². The molecule has 0 spiro atoms. The lowest BCUT2D eigenvalue weighted by Crippen LogP contribution is -2.36. The van der Waals surface area contributed by atoms with Gasteiger partial charge >= 0.3 is 0 Å². The highest BCUT2D eigenvalue weighted by Crippen LogP contribution is 2.98. The molecule has 1 nitrogen and oxygen atoms in total. The normalized spacial score (nSPS) is 18.8. The lowest BCUT2D eigenvalue weighted by atomic mass is 9.98. The van der Waals surface area contributed by atoms with Gasteiger partial charge in [-0.15, -0.1) is 6.42 Å². The van der Waals surface area contributed by atoms with Gasteiger partial charge < -0.3 is 4.74 Å². The van der Waals surface area contributed by atoms with Gasteiger partial charge in [0.05, 0.1) is 0 Å². The molecule has 0 saturated heterocycles. The van der Waals surface area contributed by atoms with E-state index in [0.29, 0.717) is 0 Å². The SMILES string of the molecule is C#CCOC(C)(CS(F)(F)(F)(F)F)c1ccccc1. The zero-order valence-electron chi connectivity index (χ0n) is 10.1. The first kappa shape index (κ1) is 15.8. The molecule has 19 heavy (non-hydrogen) atoms. The monoisotopic (exact) mass is 300 g/mol. The Kier molecular flexibility index (Phi) is 3.42. The minimum Gasteiger partial charge on any atom is -0.357 e. The van der Waals surface area contributed by atoms with Crippen molar-refractivity contribution in [2.75, 3.05) is 12.4 Å². The summed E-state index contributed by atoms with van der Waals surface area (Å²) in [7, 11) is -9.63. The fraction of sp³-hybridized carbons (Fsp3) is 0.333. The molecule has 0 aliphatic carbocycles. The first-order valence-electron chi connectivity index (χ1n) is 5.21. The Balaban J connectivity index is 3.20. The maximum atomic E-state index is 12.7. The van der Waals surface area contributed by atoms with Crippen LogP contribution in [0.25, 0.3) is 0 Å². The summed E-state index contributed by atoms with van der Waals surface area (Å²) in [6, 6.07) is 7.03. The molecule has 0 radical (unpaired) electrons. The van der Waals surface area contributed by atoms with Crippen LogP contribution in [0.2, 0.25) is 0 Å². The Morgan fingerprint density at radius 1 is 1.16 bits per heavy atom. The highest BCUT2D eigenvalue weighted by atomic mass is 32.5. The number of ether oxygens (including phenoxy) is 1. The number of halogens is 5. The van der Waals surface area contributed by atoms with Crippen molar-refractivity contribution in [2.24, 2.45) is 0 Å². The summed E-state index contributed by atoms with van der Waals surface area (Å²) in [4.78, 5) is 0. The van der Waals surface area contributed by atoms with E-state index in [1.165, 1.54) is 24.3 Å². The number of benzene rings is 1. The van der Waals surface area contributed by atoms with Crippen LogP contribution in [0.15, 0.2) is 30.3 Å². The van der Waals surface area contributed by atoms with Crippen molar-refractivity contribution < 1.29 is 24.2 Å². The van der Waals surface area contributed by atoms with Gasteiger partial charge in [0.1, 0.15) is 18.0 Å². The zero-order chi connectivity index (χ0) is 14.8. The third-order valence-electron chi connectivity index (χ3n) is 2.41. The van der Waals surface area contributed by atoms with Gasteiger partial charge in [-0.25, -0.2) is 0 Å². The fourth-order valence-electron chi connectivity index (χ4n) is 1.72. The van der Waals surface area contributed by atoms with Gasteiger partial charge in [-0.1, -0.05) is 55.7 Å². The van der Waals surface area contributed by atoms with Gasteiger partial charge in [-0.3, -0.25) is 0 Å². The van der Waals surface area contributed by atoms with Crippen LogP contribution in [0.5, 0.6) is 0 Å². The third kappa shape index (κ3) is 5.49. The van der Waals surface area contributed by atoms with Gasteiger partial charge in [-0.05, 0) is 12.5 Å². The average Bonchev–Trinajstić information content (AvgIpc) is 2.23. The quantitative estimate of drug-likeness (QED) is 0.558.